The Morgan fingerprint density at radius 3 is 2.26 bits per heavy atom. The maximum Gasteiger partial charge on any atom is 0.343 e. The zero-order valence-corrected chi connectivity index (χ0v) is 17.0. The van der Waals surface area contributed by atoms with Gasteiger partial charge in [-0.05, 0) is 53.6 Å². The minimum absolute atomic E-state index is 0.126. The minimum Gasteiger partial charge on any atom is -0.493 e. The van der Waals surface area contributed by atoms with Crippen LogP contribution in [0.4, 0.5) is 5.69 Å². The summed E-state index contributed by atoms with van der Waals surface area (Å²) in [6.45, 7) is 0. The number of carbonyl (C=O) groups excluding carboxylic acids is 1. The molecule has 0 aliphatic heterocycles. The summed E-state index contributed by atoms with van der Waals surface area (Å²) in [5.74, 6) is -0.222. The van der Waals surface area contributed by atoms with Crippen molar-refractivity contribution in [3.05, 3.63) is 98.6 Å². The fraction of sp³-hybridized carbons (Fsp3) is 0.0435. The van der Waals surface area contributed by atoms with Crippen LogP contribution in [0.1, 0.15) is 21.5 Å². The van der Waals surface area contributed by atoms with E-state index in [1.165, 1.54) is 31.4 Å². The molecule has 154 valence electrons. The molecular formula is C23H15ClN2O5. The number of rotatable bonds is 6. The standard InChI is InChI=1S/C23H15ClN2O5/c1-30-22-13-15(12-18(14-25)16-3-7-19(24)8-4-16)2-11-21(22)31-23(27)17-5-9-20(10-6-17)26(28)29/h2-13H,1H3/b18-12-. The second kappa shape index (κ2) is 9.57. The number of esters is 1. The Bertz CT molecular complexity index is 1200. The number of nitro benzene ring substituents is 1. The van der Waals surface area contributed by atoms with Crippen LogP contribution in [-0.4, -0.2) is 18.0 Å². The smallest absolute Gasteiger partial charge is 0.343 e. The third kappa shape index (κ3) is 5.26. The van der Waals surface area contributed by atoms with Gasteiger partial charge in [0.05, 0.1) is 29.2 Å². The zero-order chi connectivity index (χ0) is 22.4. The van der Waals surface area contributed by atoms with Crippen LogP contribution in [0, 0.1) is 21.4 Å². The SMILES string of the molecule is COc1cc(/C=C(/C#N)c2ccc(Cl)cc2)ccc1OC(=O)c1ccc([N+](=O)[O-])cc1. The largest absolute Gasteiger partial charge is 0.493 e. The molecule has 0 aromatic heterocycles. The van der Waals surface area contributed by atoms with Crippen LogP contribution in [0.3, 0.4) is 0 Å². The van der Waals surface area contributed by atoms with Crippen molar-refractivity contribution in [2.75, 3.05) is 7.11 Å². The van der Waals surface area contributed by atoms with E-state index in [1.807, 2.05) is 0 Å². The van der Waals surface area contributed by atoms with Gasteiger partial charge in [0.15, 0.2) is 11.5 Å². The van der Waals surface area contributed by atoms with Gasteiger partial charge in [0.2, 0.25) is 0 Å². The molecule has 0 amide bonds. The van der Waals surface area contributed by atoms with Gasteiger partial charge in [0.1, 0.15) is 0 Å². The Kier molecular flexibility index (Phi) is 6.65. The predicted molar refractivity (Wildman–Crippen MR) is 116 cm³/mol. The van der Waals surface area contributed by atoms with Gasteiger partial charge in [-0.2, -0.15) is 5.26 Å². The fourth-order valence-electron chi connectivity index (χ4n) is 2.71. The third-order valence-corrected chi connectivity index (χ3v) is 4.54. The number of hydrogen-bond acceptors (Lipinski definition) is 6. The summed E-state index contributed by atoms with van der Waals surface area (Å²) in [6.07, 6.45) is 1.67. The van der Waals surface area contributed by atoms with Crippen LogP contribution in [-0.2, 0) is 0 Å². The Morgan fingerprint density at radius 2 is 1.68 bits per heavy atom. The molecule has 0 unspecified atom stereocenters. The van der Waals surface area contributed by atoms with Crippen molar-refractivity contribution in [2.45, 2.75) is 0 Å². The number of carbonyl (C=O) groups is 1. The molecule has 0 aliphatic carbocycles. The molecule has 3 aromatic carbocycles. The summed E-state index contributed by atoms with van der Waals surface area (Å²) in [4.78, 5) is 22.6. The van der Waals surface area contributed by atoms with E-state index >= 15 is 0 Å². The number of benzene rings is 3. The van der Waals surface area contributed by atoms with Crippen molar-refractivity contribution in [3.8, 4) is 17.6 Å². The van der Waals surface area contributed by atoms with Gasteiger partial charge in [-0.15, -0.1) is 0 Å². The molecule has 0 saturated carbocycles. The van der Waals surface area contributed by atoms with E-state index in [9.17, 15) is 20.2 Å². The zero-order valence-electron chi connectivity index (χ0n) is 16.2. The Morgan fingerprint density at radius 1 is 1.03 bits per heavy atom. The van der Waals surface area contributed by atoms with Gasteiger partial charge in [0.25, 0.3) is 5.69 Å². The number of allylic oxidation sites excluding steroid dienone is 1. The van der Waals surface area contributed by atoms with E-state index in [4.69, 9.17) is 21.1 Å². The molecule has 0 N–H and O–H groups in total. The lowest BCUT2D eigenvalue weighted by Crippen LogP contribution is -2.09. The maximum atomic E-state index is 12.4. The normalized spacial score (nSPS) is 10.8. The molecule has 0 atom stereocenters. The fourth-order valence-corrected chi connectivity index (χ4v) is 2.84. The lowest BCUT2D eigenvalue weighted by Gasteiger charge is -2.10. The molecule has 0 saturated heterocycles. The van der Waals surface area contributed by atoms with Gasteiger partial charge in [-0.3, -0.25) is 10.1 Å². The van der Waals surface area contributed by atoms with Crippen LogP contribution in [0.5, 0.6) is 11.5 Å². The molecular weight excluding hydrogens is 420 g/mol. The predicted octanol–water partition coefficient (Wildman–Crippen LogP) is 5.54. The van der Waals surface area contributed by atoms with Crippen LogP contribution in [0.15, 0.2) is 66.7 Å². The highest BCUT2D eigenvalue weighted by Crippen LogP contribution is 2.31. The van der Waals surface area contributed by atoms with Crippen molar-refractivity contribution >= 4 is 34.9 Å². The summed E-state index contributed by atoms with van der Waals surface area (Å²) in [5, 5.41) is 20.8. The number of nitriles is 1. The monoisotopic (exact) mass is 434 g/mol. The molecule has 0 radical (unpaired) electrons. The summed E-state index contributed by atoms with van der Waals surface area (Å²) in [7, 11) is 1.43. The van der Waals surface area contributed by atoms with Crippen LogP contribution < -0.4 is 9.47 Å². The quantitative estimate of drug-likeness (QED) is 0.126. The van der Waals surface area contributed by atoms with Crippen molar-refractivity contribution in [2.24, 2.45) is 0 Å². The second-order valence-electron chi connectivity index (χ2n) is 6.28. The molecule has 3 aromatic rings. The Balaban J connectivity index is 1.84. The molecule has 0 aliphatic rings. The van der Waals surface area contributed by atoms with Crippen molar-refractivity contribution in [1.29, 1.82) is 5.26 Å². The molecule has 31 heavy (non-hydrogen) atoms. The number of nitrogens with zero attached hydrogens (tertiary/aromatic N) is 2. The lowest BCUT2D eigenvalue weighted by atomic mass is 10.0. The highest BCUT2D eigenvalue weighted by Gasteiger charge is 2.15. The highest BCUT2D eigenvalue weighted by molar-refractivity contribution is 6.30. The average Bonchev–Trinajstić information content (AvgIpc) is 2.79. The molecule has 0 heterocycles. The van der Waals surface area contributed by atoms with E-state index in [0.717, 1.165) is 0 Å². The topological polar surface area (TPSA) is 102 Å². The number of hydrogen-bond donors (Lipinski definition) is 0. The van der Waals surface area contributed by atoms with Gasteiger partial charge in [0, 0.05) is 17.2 Å². The lowest BCUT2D eigenvalue weighted by molar-refractivity contribution is -0.384. The number of non-ortho nitro benzene ring substituents is 1. The van der Waals surface area contributed by atoms with Gasteiger partial charge >= 0.3 is 5.97 Å². The Labute approximate surface area is 182 Å². The molecule has 0 bridgehead atoms. The third-order valence-electron chi connectivity index (χ3n) is 4.29. The first kappa shape index (κ1) is 21.6. The minimum atomic E-state index is -0.685. The molecule has 7 nitrogen and oxygen atoms in total. The first-order valence-electron chi connectivity index (χ1n) is 8.93. The summed E-state index contributed by atoms with van der Waals surface area (Å²) in [6, 6.07) is 19.0. The average molecular weight is 435 g/mol. The molecule has 0 fully saturated rings. The van der Waals surface area contributed by atoms with Crippen LogP contribution in [0.25, 0.3) is 11.6 Å². The van der Waals surface area contributed by atoms with Gasteiger partial charge in [-0.25, -0.2) is 4.79 Å². The molecule has 8 heteroatoms. The van der Waals surface area contributed by atoms with Crippen molar-refractivity contribution < 1.29 is 19.2 Å². The highest BCUT2D eigenvalue weighted by atomic mass is 35.5. The number of methoxy groups -OCH3 is 1. The van der Waals surface area contributed by atoms with E-state index in [2.05, 4.69) is 6.07 Å². The molecule has 3 rings (SSSR count). The summed E-state index contributed by atoms with van der Waals surface area (Å²) < 4.78 is 10.7. The number of nitro groups is 1. The van der Waals surface area contributed by atoms with Crippen LogP contribution in [0.2, 0.25) is 5.02 Å². The maximum absolute atomic E-state index is 12.4. The van der Waals surface area contributed by atoms with Gasteiger partial charge < -0.3 is 9.47 Å². The summed E-state index contributed by atoms with van der Waals surface area (Å²) >= 11 is 5.89. The first-order valence-corrected chi connectivity index (χ1v) is 9.31. The van der Waals surface area contributed by atoms with Crippen molar-refractivity contribution in [1.82, 2.24) is 0 Å². The number of ether oxygens (including phenoxy) is 2. The van der Waals surface area contributed by atoms with E-state index in [1.54, 1.807) is 48.5 Å². The molecule has 0 spiro atoms. The second-order valence-corrected chi connectivity index (χ2v) is 6.72. The van der Waals surface area contributed by atoms with E-state index in [0.29, 0.717) is 21.7 Å². The first-order chi connectivity index (χ1) is 14.9. The van der Waals surface area contributed by atoms with E-state index < -0.39 is 10.9 Å². The summed E-state index contributed by atoms with van der Waals surface area (Å²) in [5.41, 5.74) is 1.83. The van der Waals surface area contributed by atoms with E-state index in [-0.39, 0.29) is 22.7 Å². The van der Waals surface area contributed by atoms with Gasteiger partial charge in [-0.1, -0.05) is 29.8 Å². The number of halogens is 1. The Hall–Kier alpha value is -4.15. The van der Waals surface area contributed by atoms with Crippen molar-refractivity contribution in [3.63, 3.8) is 0 Å². The van der Waals surface area contributed by atoms with Crippen LogP contribution >= 0.6 is 11.6 Å².